The van der Waals surface area contributed by atoms with Crippen LogP contribution in [0, 0.1) is 5.82 Å². The second kappa shape index (κ2) is 6.34. The number of carbonyl (C=O) groups excluding carboxylic acids is 3. The van der Waals surface area contributed by atoms with Gasteiger partial charge in [-0.05, 0) is 31.2 Å². The van der Waals surface area contributed by atoms with Gasteiger partial charge in [-0.15, -0.1) is 0 Å². The number of carbonyl (C=O) groups is 3. The molecule has 0 aliphatic heterocycles. The molecule has 0 saturated carbocycles. The van der Waals surface area contributed by atoms with E-state index in [0.717, 1.165) is 12.1 Å². The van der Waals surface area contributed by atoms with E-state index in [-0.39, 0.29) is 5.56 Å². The third kappa shape index (κ3) is 4.62. The number of halogens is 1. The Bertz CT molecular complexity index is 489. The molecule has 102 valence electrons. The highest BCUT2D eigenvalue weighted by Gasteiger charge is 2.14. The molecule has 7 nitrogen and oxygen atoms in total. The molecule has 1 atom stereocenters. The molecule has 19 heavy (non-hydrogen) atoms. The molecule has 0 fully saturated rings. The maximum atomic E-state index is 12.6. The number of rotatable bonds is 3. The quantitative estimate of drug-likeness (QED) is 0.561. The molecule has 1 aromatic rings. The lowest BCUT2D eigenvalue weighted by atomic mass is 10.2. The minimum atomic E-state index is -0.897. The van der Waals surface area contributed by atoms with Crippen LogP contribution in [0.4, 0.5) is 9.18 Å². The summed E-state index contributed by atoms with van der Waals surface area (Å²) in [5, 5.41) is 2.14. The van der Waals surface area contributed by atoms with Crippen molar-refractivity contribution in [1.29, 1.82) is 0 Å². The van der Waals surface area contributed by atoms with Crippen molar-refractivity contribution in [2.45, 2.75) is 13.0 Å². The molecule has 0 spiro atoms. The Kier molecular flexibility index (Phi) is 4.81. The Hall–Kier alpha value is -2.64. The maximum absolute atomic E-state index is 12.6. The molecule has 1 aromatic carbocycles. The lowest BCUT2D eigenvalue weighted by Crippen LogP contribution is -2.52. The highest BCUT2D eigenvalue weighted by atomic mass is 19.1. The average molecular weight is 268 g/mol. The number of benzene rings is 1. The molecule has 0 aliphatic rings. The summed E-state index contributed by atoms with van der Waals surface area (Å²) in [5.74, 6) is -1.73. The number of urea groups is 1. The van der Waals surface area contributed by atoms with Gasteiger partial charge in [0.25, 0.3) is 11.8 Å². The molecule has 0 saturated heterocycles. The molecule has 8 heteroatoms. The maximum Gasteiger partial charge on any atom is 0.312 e. The van der Waals surface area contributed by atoms with Crippen molar-refractivity contribution in [3.63, 3.8) is 0 Å². The first-order valence-corrected chi connectivity index (χ1v) is 5.32. The largest absolute Gasteiger partial charge is 0.352 e. The fourth-order valence-corrected chi connectivity index (χ4v) is 1.18. The van der Waals surface area contributed by atoms with E-state index in [1.807, 2.05) is 0 Å². The van der Waals surface area contributed by atoms with Crippen molar-refractivity contribution >= 4 is 17.8 Å². The van der Waals surface area contributed by atoms with E-state index in [9.17, 15) is 18.8 Å². The van der Waals surface area contributed by atoms with Gasteiger partial charge in [-0.25, -0.2) is 9.18 Å². The van der Waals surface area contributed by atoms with Crippen molar-refractivity contribution in [3.05, 3.63) is 35.6 Å². The predicted molar refractivity (Wildman–Crippen MR) is 64.2 cm³/mol. The monoisotopic (exact) mass is 268 g/mol. The highest BCUT2D eigenvalue weighted by Crippen LogP contribution is 2.01. The molecular formula is C11H13FN4O3. The SMILES string of the molecule is CC(NC(N)=O)C(=O)NNC(=O)c1ccc(F)cc1. The third-order valence-electron chi connectivity index (χ3n) is 2.16. The van der Waals surface area contributed by atoms with Crippen molar-refractivity contribution in [3.8, 4) is 0 Å². The fourth-order valence-electron chi connectivity index (χ4n) is 1.18. The van der Waals surface area contributed by atoms with Gasteiger partial charge in [-0.3, -0.25) is 20.4 Å². The van der Waals surface area contributed by atoms with Crippen LogP contribution in [0.2, 0.25) is 0 Å². The summed E-state index contributed by atoms with van der Waals surface area (Å²) in [4.78, 5) is 33.5. The van der Waals surface area contributed by atoms with Crippen molar-refractivity contribution in [1.82, 2.24) is 16.2 Å². The van der Waals surface area contributed by atoms with Gasteiger partial charge in [-0.1, -0.05) is 0 Å². The zero-order valence-electron chi connectivity index (χ0n) is 10.1. The first-order valence-electron chi connectivity index (χ1n) is 5.32. The highest BCUT2D eigenvalue weighted by molar-refractivity contribution is 5.96. The summed E-state index contributed by atoms with van der Waals surface area (Å²) >= 11 is 0. The molecule has 5 N–H and O–H groups in total. The number of nitrogens with two attached hydrogens (primary N) is 1. The minimum Gasteiger partial charge on any atom is -0.352 e. The van der Waals surface area contributed by atoms with Crippen LogP contribution in [0.25, 0.3) is 0 Å². The van der Waals surface area contributed by atoms with E-state index in [1.54, 1.807) is 0 Å². The van der Waals surface area contributed by atoms with Crippen LogP contribution in [0.3, 0.4) is 0 Å². The van der Waals surface area contributed by atoms with Gasteiger partial charge in [0.1, 0.15) is 11.9 Å². The van der Waals surface area contributed by atoms with Crippen LogP contribution >= 0.6 is 0 Å². The number of amides is 4. The van der Waals surface area contributed by atoms with Gasteiger partial charge < -0.3 is 11.1 Å². The molecule has 4 amide bonds. The molecule has 0 aromatic heterocycles. The van der Waals surface area contributed by atoms with E-state index in [0.29, 0.717) is 0 Å². The van der Waals surface area contributed by atoms with Crippen molar-refractivity contribution < 1.29 is 18.8 Å². The van der Waals surface area contributed by atoms with Crippen LogP contribution in [0.1, 0.15) is 17.3 Å². The molecule has 0 radical (unpaired) electrons. The molecule has 1 rings (SSSR count). The Labute approximate surface area is 108 Å². The smallest absolute Gasteiger partial charge is 0.312 e. The summed E-state index contributed by atoms with van der Waals surface area (Å²) < 4.78 is 12.6. The van der Waals surface area contributed by atoms with E-state index in [1.165, 1.54) is 19.1 Å². The summed E-state index contributed by atoms with van der Waals surface area (Å²) in [6.07, 6.45) is 0. The topological polar surface area (TPSA) is 113 Å². The summed E-state index contributed by atoms with van der Waals surface area (Å²) in [5.41, 5.74) is 9.23. The van der Waals surface area contributed by atoms with Gasteiger partial charge in [0.2, 0.25) is 0 Å². The van der Waals surface area contributed by atoms with E-state index < -0.39 is 29.7 Å². The first kappa shape index (κ1) is 14.4. The van der Waals surface area contributed by atoms with Crippen molar-refractivity contribution in [2.24, 2.45) is 5.73 Å². The lowest BCUT2D eigenvalue weighted by molar-refractivity contribution is -0.123. The standard InChI is InChI=1S/C11H13FN4O3/c1-6(14-11(13)19)9(17)15-16-10(18)7-2-4-8(12)5-3-7/h2-6H,1H3,(H,15,17)(H,16,18)(H3,13,14,19). The van der Waals surface area contributed by atoms with Crippen LogP contribution in [0.5, 0.6) is 0 Å². The van der Waals surface area contributed by atoms with Crippen LogP contribution in [0.15, 0.2) is 24.3 Å². The number of hydrogen-bond donors (Lipinski definition) is 4. The number of nitrogens with one attached hydrogen (secondary N) is 3. The van der Waals surface area contributed by atoms with Gasteiger partial charge in [0.15, 0.2) is 0 Å². The second-order valence-corrected chi connectivity index (χ2v) is 3.68. The normalized spacial score (nSPS) is 11.3. The summed E-state index contributed by atoms with van der Waals surface area (Å²) in [7, 11) is 0. The predicted octanol–water partition coefficient (Wildman–Crippen LogP) is -0.356. The first-order chi connectivity index (χ1) is 8.90. The van der Waals surface area contributed by atoms with E-state index >= 15 is 0 Å². The Balaban J connectivity index is 2.48. The second-order valence-electron chi connectivity index (χ2n) is 3.68. The van der Waals surface area contributed by atoms with Gasteiger partial charge >= 0.3 is 6.03 Å². The molecule has 0 heterocycles. The van der Waals surface area contributed by atoms with Crippen LogP contribution < -0.4 is 21.9 Å². The lowest BCUT2D eigenvalue weighted by Gasteiger charge is -2.13. The minimum absolute atomic E-state index is 0.178. The third-order valence-corrected chi connectivity index (χ3v) is 2.16. The van der Waals surface area contributed by atoms with Gasteiger partial charge in [-0.2, -0.15) is 0 Å². The molecule has 1 unspecified atom stereocenters. The van der Waals surface area contributed by atoms with Gasteiger partial charge in [0, 0.05) is 5.56 Å². The Morgan fingerprint density at radius 1 is 1.16 bits per heavy atom. The zero-order valence-corrected chi connectivity index (χ0v) is 10.1. The molecule has 0 aliphatic carbocycles. The summed E-state index contributed by atoms with van der Waals surface area (Å²) in [6, 6.07) is 3.02. The number of primary amides is 1. The summed E-state index contributed by atoms with van der Waals surface area (Å²) in [6.45, 7) is 1.39. The Morgan fingerprint density at radius 2 is 1.74 bits per heavy atom. The van der Waals surface area contributed by atoms with Crippen LogP contribution in [-0.4, -0.2) is 23.9 Å². The van der Waals surface area contributed by atoms with Crippen LogP contribution in [-0.2, 0) is 4.79 Å². The number of hydrogen-bond acceptors (Lipinski definition) is 3. The zero-order chi connectivity index (χ0) is 14.4. The van der Waals surface area contributed by atoms with Gasteiger partial charge in [0.05, 0.1) is 0 Å². The van der Waals surface area contributed by atoms with E-state index in [2.05, 4.69) is 16.2 Å². The fraction of sp³-hybridized carbons (Fsp3) is 0.182. The average Bonchev–Trinajstić information content (AvgIpc) is 2.35. The van der Waals surface area contributed by atoms with E-state index in [4.69, 9.17) is 5.73 Å². The number of hydrazine groups is 1. The molecule has 0 bridgehead atoms. The Morgan fingerprint density at radius 3 is 2.26 bits per heavy atom. The molecular weight excluding hydrogens is 255 g/mol. The van der Waals surface area contributed by atoms with Crippen molar-refractivity contribution in [2.75, 3.05) is 0 Å².